The van der Waals surface area contributed by atoms with Crippen molar-refractivity contribution in [3.05, 3.63) is 22.5 Å². The lowest BCUT2D eigenvalue weighted by molar-refractivity contribution is 0.0519. The van der Waals surface area contributed by atoms with Gasteiger partial charge >= 0.3 is 5.97 Å². The molecule has 0 radical (unpaired) electrons. The first-order chi connectivity index (χ1) is 8.52. The highest BCUT2D eigenvalue weighted by molar-refractivity contribution is 6.02. The highest BCUT2D eigenvalue weighted by atomic mass is 16.5. The summed E-state index contributed by atoms with van der Waals surface area (Å²) in [6.45, 7) is 7.74. The molecule has 0 aliphatic carbocycles. The summed E-state index contributed by atoms with van der Waals surface area (Å²) in [6, 6.07) is 0. The third kappa shape index (κ3) is 3.00. The van der Waals surface area contributed by atoms with Crippen LogP contribution in [0.3, 0.4) is 0 Å². The molecule has 0 bridgehead atoms. The monoisotopic (exact) mass is 251 g/mol. The zero-order valence-corrected chi connectivity index (χ0v) is 11.6. The maximum Gasteiger partial charge on any atom is 0.355 e. The number of aromatic nitrogens is 1. The van der Waals surface area contributed by atoms with Gasteiger partial charge in [-0.25, -0.2) is 4.79 Å². The predicted octanol–water partition coefficient (Wildman–Crippen LogP) is 3.18. The summed E-state index contributed by atoms with van der Waals surface area (Å²) in [6.07, 6.45) is 2.38. The molecule has 1 rings (SSSR count). The Morgan fingerprint density at radius 1 is 1.22 bits per heavy atom. The average molecular weight is 251 g/mol. The molecule has 0 spiro atoms. The summed E-state index contributed by atoms with van der Waals surface area (Å²) in [5, 5.41) is 0. The van der Waals surface area contributed by atoms with Crippen LogP contribution in [0.15, 0.2) is 0 Å². The summed E-state index contributed by atoms with van der Waals surface area (Å²) in [5.41, 5.74) is 2.49. The van der Waals surface area contributed by atoms with Gasteiger partial charge in [-0.3, -0.25) is 4.79 Å². The van der Waals surface area contributed by atoms with Gasteiger partial charge in [-0.2, -0.15) is 0 Å². The van der Waals surface area contributed by atoms with Gasteiger partial charge < -0.3 is 9.72 Å². The van der Waals surface area contributed by atoms with Gasteiger partial charge in [0.05, 0.1) is 6.61 Å². The quantitative estimate of drug-likeness (QED) is 0.624. The molecule has 1 N–H and O–H groups in total. The van der Waals surface area contributed by atoms with E-state index >= 15 is 0 Å². The lowest BCUT2D eigenvalue weighted by Crippen LogP contribution is -2.07. The third-order valence-corrected chi connectivity index (χ3v) is 2.95. The summed E-state index contributed by atoms with van der Waals surface area (Å²) in [5.74, 6) is -0.300. The van der Waals surface area contributed by atoms with E-state index in [0.717, 1.165) is 18.5 Å². The number of ketones is 1. The Hall–Kier alpha value is -1.58. The lowest BCUT2D eigenvalue weighted by atomic mass is 10.0. The van der Waals surface area contributed by atoms with Crippen molar-refractivity contribution in [3.63, 3.8) is 0 Å². The highest BCUT2D eigenvalue weighted by Gasteiger charge is 2.21. The first-order valence-electron chi connectivity index (χ1n) is 6.42. The molecule has 18 heavy (non-hydrogen) atoms. The fourth-order valence-electron chi connectivity index (χ4n) is 2.04. The molecule has 0 saturated heterocycles. The smallest absolute Gasteiger partial charge is 0.355 e. The zero-order chi connectivity index (χ0) is 13.7. The number of aryl methyl sites for hydroxylation is 1. The molecule has 0 aliphatic rings. The Balaban J connectivity index is 3.00. The number of unbranched alkanes of at least 4 members (excludes halogenated alkanes) is 1. The number of nitrogens with one attached hydrogen (secondary N) is 1. The summed E-state index contributed by atoms with van der Waals surface area (Å²) >= 11 is 0. The average Bonchev–Trinajstić information content (AvgIpc) is 2.62. The Morgan fingerprint density at radius 3 is 2.44 bits per heavy atom. The lowest BCUT2D eigenvalue weighted by Gasteiger charge is -2.02. The second-order valence-corrected chi connectivity index (χ2v) is 4.37. The number of Topliss-reactive ketones (excluding diaryl/α,β-unsaturated/α-hetero) is 1. The van der Waals surface area contributed by atoms with Crippen LogP contribution in [-0.2, 0) is 4.74 Å². The van der Waals surface area contributed by atoms with Crippen molar-refractivity contribution >= 4 is 11.8 Å². The first kappa shape index (κ1) is 14.5. The number of rotatable bonds is 6. The van der Waals surface area contributed by atoms with Crippen molar-refractivity contribution < 1.29 is 14.3 Å². The van der Waals surface area contributed by atoms with Gasteiger partial charge in [-0.1, -0.05) is 13.3 Å². The second kappa shape index (κ2) is 6.38. The molecule has 4 nitrogen and oxygen atoms in total. The molecule has 0 amide bonds. The number of hydrogen-bond donors (Lipinski definition) is 1. The molecule has 1 heterocycles. The van der Waals surface area contributed by atoms with Gasteiger partial charge in [0.1, 0.15) is 5.69 Å². The van der Waals surface area contributed by atoms with Crippen LogP contribution in [0.5, 0.6) is 0 Å². The van der Waals surface area contributed by atoms with Crippen LogP contribution < -0.4 is 0 Å². The number of ether oxygens (including phenoxy) is 1. The zero-order valence-electron chi connectivity index (χ0n) is 11.6. The first-order valence-corrected chi connectivity index (χ1v) is 6.42. The number of hydrogen-bond acceptors (Lipinski definition) is 3. The Labute approximate surface area is 108 Å². The van der Waals surface area contributed by atoms with Crippen LogP contribution in [0.1, 0.15) is 65.2 Å². The number of carbonyl (C=O) groups is 2. The molecule has 0 saturated carbocycles. The normalized spacial score (nSPS) is 10.4. The van der Waals surface area contributed by atoms with E-state index in [0.29, 0.717) is 29.8 Å². The molecular formula is C14H21NO3. The van der Waals surface area contributed by atoms with Crippen molar-refractivity contribution in [1.82, 2.24) is 4.98 Å². The van der Waals surface area contributed by atoms with Crippen LogP contribution >= 0.6 is 0 Å². The van der Waals surface area contributed by atoms with Crippen molar-refractivity contribution in [1.29, 1.82) is 0 Å². The van der Waals surface area contributed by atoms with E-state index in [2.05, 4.69) is 4.98 Å². The van der Waals surface area contributed by atoms with E-state index in [1.54, 1.807) is 13.8 Å². The summed E-state index contributed by atoms with van der Waals surface area (Å²) in [7, 11) is 0. The van der Waals surface area contributed by atoms with Crippen molar-refractivity contribution in [3.8, 4) is 0 Å². The van der Waals surface area contributed by atoms with E-state index < -0.39 is 5.97 Å². The van der Waals surface area contributed by atoms with E-state index in [4.69, 9.17) is 4.74 Å². The van der Waals surface area contributed by atoms with Crippen LogP contribution in [0.4, 0.5) is 0 Å². The van der Waals surface area contributed by atoms with Crippen LogP contribution in [-0.4, -0.2) is 23.3 Å². The van der Waals surface area contributed by atoms with Crippen molar-refractivity contribution in [2.24, 2.45) is 0 Å². The van der Waals surface area contributed by atoms with E-state index in [1.807, 2.05) is 13.8 Å². The molecule has 0 aliphatic heterocycles. The van der Waals surface area contributed by atoms with Gasteiger partial charge in [-0.15, -0.1) is 0 Å². The van der Waals surface area contributed by atoms with Gasteiger partial charge in [0.2, 0.25) is 0 Å². The van der Waals surface area contributed by atoms with Crippen molar-refractivity contribution in [2.45, 2.75) is 47.0 Å². The van der Waals surface area contributed by atoms with E-state index in [9.17, 15) is 9.59 Å². The predicted molar refractivity (Wildman–Crippen MR) is 70.1 cm³/mol. The maximum absolute atomic E-state index is 12.1. The topological polar surface area (TPSA) is 59.2 Å². The third-order valence-electron chi connectivity index (χ3n) is 2.95. The van der Waals surface area contributed by atoms with Crippen LogP contribution in [0.2, 0.25) is 0 Å². The Morgan fingerprint density at radius 2 is 1.89 bits per heavy atom. The molecule has 1 aromatic heterocycles. The largest absolute Gasteiger partial charge is 0.461 e. The molecule has 0 aromatic carbocycles. The Kier molecular flexibility index (Phi) is 5.13. The molecule has 0 unspecified atom stereocenters. The minimum Gasteiger partial charge on any atom is -0.461 e. The molecule has 0 fully saturated rings. The SMILES string of the molecule is CCCCC(=O)c1c(C)[nH]c(C(=O)OCC)c1C. The molecule has 4 heteroatoms. The van der Waals surface area contributed by atoms with E-state index in [-0.39, 0.29) is 5.78 Å². The standard InChI is InChI=1S/C14H21NO3/c1-5-7-8-11(16)12-9(3)13(15-10(12)4)14(17)18-6-2/h15H,5-8H2,1-4H3. The molecule has 100 valence electrons. The van der Waals surface area contributed by atoms with E-state index in [1.165, 1.54) is 0 Å². The van der Waals surface area contributed by atoms with Crippen LogP contribution in [0.25, 0.3) is 0 Å². The minimum absolute atomic E-state index is 0.0960. The molecule has 1 aromatic rings. The minimum atomic E-state index is -0.396. The fraction of sp³-hybridized carbons (Fsp3) is 0.571. The summed E-state index contributed by atoms with van der Waals surface area (Å²) in [4.78, 5) is 26.7. The maximum atomic E-state index is 12.1. The molecule has 0 atom stereocenters. The van der Waals surface area contributed by atoms with Gasteiger partial charge in [-0.05, 0) is 32.8 Å². The summed E-state index contributed by atoms with van der Waals surface area (Å²) < 4.78 is 4.96. The van der Waals surface area contributed by atoms with Gasteiger partial charge in [0.25, 0.3) is 0 Å². The number of esters is 1. The Bertz CT molecular complexity index is 446. The fourth-order valence-corrected chi connectivity index (χ4v) is 2.04. The number of aromatic amines is 1. The van der Waals surface area contributed by atoms with Crippen LogP contribution in [0, 0.1) is 13.8 Å². The second-order valence-electron chi connectivity index (χ2n) is 4.37. The van der Waals surface area contributed by atoms with Crippen molar-refractivity contribution in [2.75, 3.05) is 6.61 Å². The number of H-pyrrole nitrogens is 1. The number of carbonyl (C=O) groups excluding carboxylic acids is 2. The van der Waals surface area contributed by atoms with Gasteiger partial charge in [0.15, 0.2) is 5.78 Å². The van der Waals surface area contributed by atoms with Gasteiger partial charge in [0, 0.05) is 17.7 Å². The molecular weight excluding hydrogens is 230 g/mol. The highest BCUT2D eigenvalue weighted by Crippen LogP contribution is 2.21.